The van der Waals surface area contributed by atoms with Gasteiger partial charge in [0.1, 0.15) is 0 Å². The Hall–Kier alpha value is -1.44. The highest BCUT2D eigenvalue weighted by Gasteiger charge is 2.32. The molecule has 2 atom stereocenters. The van der Waals surface area contributed by atoms with Crippen LogP contribution in [0.25, 0.3) is 0 Å². The van der Waals surface area contributed by atoms with Crippen molar-refractivity contribution in [1.29, 1.82) is 0 Å². The molecule has 7 heteroatoms. The summed E-state index contributed by atoms with van der Waals surface area (Å²) in [5.74, 6) is -0.581. The molecule has 2 N–H and O–H groups in total. The molecule has 2 rings (SSSR count). The number of morpholine rings is 1. The Balaban J connectivity index is 2.27. The summed E-state index contributed by atoms with van der Waals surface area (Å²) >= 11 is 0. The first-order chi connectivity index (χ1) is 9.30. The molecule has 0 unspecified atom stereocenters. The van der Waals surface area contributed by atoms with Crippen LogP contribution in [-0.4, -0.2) is 43.9 Å². The molecule has 0 radical (unpaired) electrons. The highest BCUT2D eigenvalue weighted by molar-refractivity contribution is 7.89. The molecule has 1 fully saturated rings. The predicted molar refractivity (Wildman–Crippen MR) is 73.7 cm³/mol. The number of ether oxygens (including phenoxy) is 1. The lowest BCUT2D eigenvalue weighted by Crippen LogP contribution is -2.48. The number of nitrogens with two attached hydrogens (primary N) is 1. The molecule has 1 aromatic rings. The van der Waals surface area contributed by atoms with Crippen molar-refractivity contribution in [3.05, 3.63) is 29.8 Å². The first-order valence-corrected chi connectivity index (χ1v) is 7.80. The third-order valence-electron chi connectivity index (χ3n) is 3.16. The third-order valence-corrected chi connectivity index (χ3v) is 5.01. The molecule has 1 saturated heterocycles. The number of carbonyl (C=O) groups excluding carboxylic acids is 1. The average molecular weight is 298 g/mol. The van der Waals surface area contributed by atoms with Crippen molar-refractivity contribution in [2.24, 2.45) is 5.73 Å². The van der Waals surface area contributed by atoms with Crippen molar-refractivity contribution in [1.82, 2.24) is 4.31 Å². The predicted octanol–water partition coefficient (Wildman–Crippen LogP) is 0.583. The maximum Gasteiger partial charge on any atom is 0.248 e. The monoisotopic (exact) mass is 298 g/mol. The van der Waals surface area contributed by atoms with Crippen molar-refractivity contribution < 1.29 is 17.9 Å². The summed E-state index contributed by atoms with van der Waals surface area (Å²) in [4.78, 5) is 11.2. The first-order valence-electron chi connectivity index (χ1n) is 6.36. The maximum absolute atomic E-state index is 12.5. The van der Waals surface area contributed by atoms with Gasteiger partial charge in [-0.2, -0.15) is 4.31 Å². The number of nitrogens with zero attached hydrogens (tertiary/aromatic N) is 1. The number of benzene rings is 1. The van der Waals surface area contributed by atoms with Gasteiger partial charge in [-0.25, -0.2) is 8.42 Å². The van der Waals surface area contributed by atoms with Gasteiger partial charge in [-0.15, -0.1) is 0 Å². The second-order valence-corrected chi connectivity index (χ2v) is 6.91. The molecule has 0 bridgehead atoms. The van der Waals surface area contributed by atoms with Crippen LogP contribution in [0.4, 0.5) is 0 Å². The van der Waals surface area contributed by atoms with Crippen LogP contribution in [0.15, 0.2) is 29.2 Å². The second-order valence-electron chi connectivity index (χ2n) is 4.97. The van der Waals surface area contributed by atoms with Crippen molar-refractivity contribution in [3.63, 3.8) is 0 Å². The minimum Gasteiger partial charge on any atom is -0.373 e. The van der Waals surface area contributed by atoms with E-state index in [-0.39, 0.29) is 22.7 Å². The number of rotatable bonds is 3. The number of amides is 1. The van der Waals surface area contributed by atoms with Crippen molar-refractivity contribution in [3.8, 4) is 0 Å². The Kier molecular flexibility index (Phi) is 4.12. The molecule has 6 nitrogen and oxygen atoms in total. The van der Waals surface area contributed by atoms with Crippen LogP contribution in [0.3, 0.4) is 0 Å². The fourth-order valence-corrected chi connectivity index (χ4v) is 3.86. The summed E-state index contributed by atoms with van der Waals surface area (Å²) in [6.07, 6.45) is -0.281. The highest BCUT2D eigenvalue weighted by atomic mass is 32.2. The zero-order valence-corrected chi connectivity index (χ0v) is 12.3. The molecule has 0 aromatic heterocycles. The van der Waals surface area contributed by atoms with Gasteiger partial charge in [0.2, 0.25) is 15.9 Å². The Morgan fingerprint density at radius 1 is 1.20 bits per heavy atom. The molecule has 1 heterocycles. The van der Waals surface area contributed by atoms with Crippen molar-refractivity contribution >= 4 is 15.9 Å². The molecule has 1 aliphatic heterocycles. The fraction of sp³-hybridized carbons (Fsp3) is 0.462. The number of primary amides is 1. The van der Waals surface area contributed by atoms with E-state index in [2.05, 4.69) is 0 Å². The fourth-order valence-electron chi connectivity index (χ4n) is 2.27. The van der Waals surface area contributed by atoms with Gasteiger partial charge in [0.15, 0.2) is 0 Å². The van der Waals surface area contributed by atoms with E-state index in [0.29, 0.717) is 13.1 Å². The lowest BCUT2D eigenvalue weighted by molar-refractivity contribution is -0.0440. The summed E-state index contributed by atoms with van der Waals surface area (Å²) in [5.41, 5.74) is 5.42. The lowest BCUT2D eigenvalue weighted by atomic mass is 10.2. The maximum atomic E-state index is 12.5. The van der Waals surface area contributed by atoms with Crippen LogP contribution in [0.5, 0.6) is 0 Å². The van der Waals surface area contributed by atoms with E-state index in [4.69, 9.17) is 10.5 Å². The number of hydrogen-bond acceptors (Lipinski definition) is 4. The quantitative estimate of drug-likeness (QED) is 0.884. The molecular formula is C13H18N2O4S. The Morgan fingerprint density at radius 2 is 1.70 bits per heavy atom. The van der Waals surface area contributed by atoms with Crippen LogP contribution in [-0.2, 0) is 14.8 Å². The SMILES string of the molecule is C[C@@H]1CN(S(=O)(=O)c2ccc(C(N)=O)cc2)C[C@H](C)O1. The Bertz CT molecular complexity index is 587. The number of sulfonamides is 1. The molecule has 0 aliphatic carbocycles. The molecule has 0 spiro atoms. The summed E-state index contributed by atoms with van der Waals surface area (Å²) in [7, 11) is -3.57. The van der Waals surface area contributed by atoms with Crippen molar-refractivity contribution in [2.45, 2.75) is 31.0 Å². The van der Waals surface area contributed by atoms with E-state index in [1.807, 2.05) is 13.8 Å². The molecule has 1 aliphatic rings. The van der Waals surface area contributed by atoms with Crippen LogP contribution in [0.1, 0.15) is 24.2 Å². The summed E-state index contributed by atoms with van der Waals surface area (Å²) in [6, 6.07) is 5.64. The van der Waals surface area contributed by atoms with Crippen LogP contribution in [0, 0.1) is 0 Å². The Labute approximate surface area is 118 Å². The second kappa shape index (κ2) is 5.51. The van der Waals surface area contributed by atoms with Crippen LogP contribution in [0.2, 0.25) is 0 Å². The molecule has 20 heavy (non-hydrogen) atoms. The standard InChI is InChI=1S/C13H18N2O4S/c1-9-7-15(8-10(2)19-9)20(17,18)12-5-3-11(4-6-12)13(14)16/h3-6,9-10H,7-8H2,1-2H3,(H2,14,16)/t9-,10+. The van der Waals surface area contributed by atoms with E-state index in [9.17, 15) is 13.2 Å². The minimum absolute atomic E-state index is 0.140. The molecule has 0 saturated carbocycles. The van der Waals surface area contributed by atoms with E-state index in [1.54, 1.807) is 0 Å². The number of hydrogen-bond donors (Lipinski definition) is 1. The number of carbonyl (C=O) groups is 1. The summed E-state index contributed by atoms with van der Waals surface area (Å²) in [5, 5.41) is 0. The van der Waals surface area contributed by atoms with Gasteiger partial charge in [-0.05, 0) is 38.1 Å². The summed E-state index contributed by atoms with van der Waals surface area (Å²) in [6.45, 7) is 4.33. The van der Waals surface area contributed by atoms with E-state index in [0.717, 1.165) is 0 Å². The molecule has 1 amide bonds. The zero-order chi connectivity index (χ0) is 14.9. The molecule has 1 aromatic carbocycles. The van der Waals surface area contributed by atoms with E-state index >= 15 is 0 Å². The average Bonchev–Trinajstić information content (AvgIpc) is 2.37. The highest BCUT2D eigenvalue weighted by Crippen LogP contribution is 2.21. The van der Waals surface area contributed by atoms with E-state index < -0.39 is 15.9 Å². The largest absolute Gasteiger partial charge is 0.373 e. The normalized spacial score (nSPS) is 24.5. The zero-order valence-electron chi connectivity index (χ0n) is 11.4. The van der Waals surface area contributed by atoms with Gasteiger partial charge in [0.25, 0.3) is 0 Å². The molecule has 110 valence electrons. The van der Waals surface area contributed by atoms with Gasteiger partial charge >= 0.3 is 0 Å². The summed E-state index contributed by atoms with van der Waals surface area (Å²) < 4.78 is 32.0. The van der Waals surface area contributed by atoms with Gasteiger partial charge in [-0.1, -0.05) is 0 Å². The van der Waals surface area contributed by atoms with Crippen LogP contribution < -0.4 is 5.73 Å². The van der Waals surface area contributed by atoms with Gasteiger partial charge < -0.3 is 10.5 Å². The third kappa shape index (κ3) is 3.00. The van der Waals surface area contributed by atoms with Crippen LogP contribution >= 0.6 is 0 Å². The Morgan fingerprint density at radius 3 is 2.15 bits per heavy atom. The topological polar surface area (TPSA) is 89.7 Å². The van der Waals surface area contributed by atoms with Gasteiger partial charge in [0, 0.05) is 18.7 Å². The van der Waals surface area contributed by atoms with E-state index in [1.165, 1.54) is 28.6 Å². The molecular weight excluding hydrogens is 280 g/mol. The van der Waals surface area contributed by atoms with Gasteiger partial charge in [0.05, 0.1) is 17.1 Å². The lowest BCUT2D eigenvalue weighted by Gasteiger charge is -2.34. The minimum atomic E-state index is -3.57. The van der Waals surface area contributed by atoms with Gasteiger partial charge in [-0.3, -0.25) is 4.79 Å². The first kappa shape index (κ1) is 15.0. The van der Waals surface area contributed by atoms with Crippen molar-refractivity contribution in [2.75, 3.05) is 13.1 Å². The smallest absolute Gasteiger partial charge is 0.248 e.